The van der Waals surface area contributed by atoms with Crippen LogP contribution in [0.2, 0.25) is 0 Å². The Balaban J connectivity index is 2.09. The highest BCUT2D eigenvalue weighted by atomic mass is 35.5. The van der Waals surface area contributed by atoms with Crippen LogP contribution in [0.25, 0.3) is 0 Å². The van der Waals surface area contributed by atoms with Gasteiger partial charge in [-0.1, -0.05) is 11.3 Å². The molecular formula is C10H10ClN3O2S. The average Bonchev–Trinajstić information content (AvgIpc) is 2.89. The van der Waals surface area contributed by atoms with Gasteiger partial charge in [0.1, 0.15) is 28.9 Å². The van der Waals surface area contributed by atoms with Crippen LogP contribution >= 0.6 is 23.2 Å². The molecule has 1 heterocycles. The van der Waals surface area contributed by atoms with Crippen molar-refractivity contribution in [2.75, 3.05) is 12.4 Å². The molecule has 0 atom stereocenters. The zero-order chi connectivity index (χ0) is 12.1. The predicted molar refractivity (Wildman–Crippen MR) is 66.7 cm³/mol. The third kappa shape index (κ3) is 2.98. The minimum atomic E-state index is 0.545. The van der Waals surface area contributed by atoms with Crippen molar-refractivity contribution in [3.05, 3.63) is 29.3 Å². The minimum absolute atomic E-state index is 0.545. The summed E-state index contributed by atoms with van der Waals surface area (Å²) < 4.78 is 9.86. The molecule has 0 fully saturated rings. The average molecular weight is 272 g/mol. The van der Waals surface area contributed by atoms with E-state index in [1.807, 2.05) is 6.07 Å². The van der Waals surface area contributed by atoms with E-state index in [1.165, 1.54) is 11.3 Å². The topological polar surface area (TPSA) is 56.3 Å². The summed E-state index contributed by atoms with van der Waals surface area (Å²) in [5.74, 6) is 1.25. The molecule has 5 nitrogen and oxygen atoms in total. The molecule has 0 aliphatic heterocycles. The number of hydrogen-bond donors (Lipinski definition) is 1. The summed E-state index contributed by atoms with van der Waals surface area (Å²) in [7, 11) is 1.60. The Morgan fingerprint density at radius 3 is 3.00 bits per heavy atom. The van der Waals surface area contributed by atoms with Crippen LogP contribution in [-0.4, -0.2) is 17.3 Å². The summed E-state index contributed by atoms with van der Waals surface area (Å²) in [4.78, 5) is 0. The molecule has 90 valence electrons. The Hall–Kier alpha value is -1.53. The smallest absolute Gasteiger partial charge is 0.205 e. The number of methoxy groups -OCH3 is 1. The van der Waals surface area contributed by atoms with Gasteiger partial charge in [0.15, 0.2) is 0 Å². The first-order valence-corrected chi connectivity index (χ1v) is 5.98. The van der Waals surface area contributed by atoms with E-state index < -0.39 is 0 Å². The molecule has 0 saturated heterocycles. The summed E-state index contributed by atoms with van der Waals surface area (Å²) >= 11 is 6.72. The van der Waals surface area contributed by atoms with Gasteiger partial charge in [0.2, 0.25) is 5.13 Å². The van der Waals surface area contributed by atoms with Crippen LogP contribution < -0.4 is 14.3 Å². The predicted octanol–water partition coefficient (Wildman–Crippen LogP) is 2.69. The van der Waals surface area contributed by atoms with Gasteiger partial charge < -0.3 is 14.3 Å². The Morgan fingerprint density at radius 2 is 2.35 bits per heavy atom. The SMILES string of the molecule is COc1cc(OCl)ccc1CNc1nncs1. The fourth-order valence-corrected chi connectivity index (χ4v) is 1.88. The zero-order valence-electron chi connectivity index (χ0n) is 9.01. The number of ether oxygens (including phenoxy) is 1. The van der Waals surface area contributed by atoms with E-state index in [-0.39, 0.29) is 0 Å². The third-order valence-corrected chi connectivity index (χ3v) is 2.96. The minimum Gasteiger partial charge on any atom is -0.496 e. The number of aromatic nitrogens is 2. The van der Waals surface area contributed by atoms with Crippen molar-refractivity contribution in [2.45, 2.75) is 6.54 Å². The van der Waals surface area contributed by atoms with Crippen molar-refractivity contribution in [3.8, 4) is 11.5 Å². The van der Waals surface area contributed by atoms with Crippen LogP contribution in [0.5, 0.6) is 11.5 Å². The highest BCUT2D eigenvalue weighted by Gasteiger charge is 2.06. The first kappa shape index (κ1) is 11.9. The van der Waals surface area contributed by atoms with E-state index in [1.54, 1.807) is 24.8 Å². The van der Waals surface area contributed by atoms with Crippen molar-refractivity contribution in [3.63, 3.8) is 0 Å². The molecule has 0 spiro atoms. The Labute approximate surface area is 108 Å². The second kappa shape index (κ2) is 5.70. The molecular weight excluding hydrogens is 262 g/mol. The van der Waals surface area contributed by atoms with E-state index >= 15 is 0 Å². The number of hydrogen-bond acceptors (Lipinski definition) is 6. The van der Waals surface area contributed by atoms with Crippen LogP contribution in [-0.2, 0) is 6.54 Å². The Bertz CT molecular complexity index is 478. The molecule has 2 aromatic rings. The molecule has 1 aromatic carbocycles. The summed E-state index contributed by atoms with van der Waals surface area (Å²) in [6, 6.07) is 5.38. The molecule has 2 rings (SSSR count). The van der Waals surface area contributed by atoms with Gasteiger partial charge in [-0.05, 0) is 12.1 Å². The highest BCUT2D eigenvalue weighted by molar-refractivity contribution is 7.13. The van der Waals surface area contributed by atoms with E-state index in [0.717, 1.165) is 10.7 Å². The van der Waals surface area contributed by atoms with Gasteiger partial charge in [-0.15, -0.1) is 10.2 Å². The number of nitrogens with zero attached hydrogens (tertiary/aromatic N) is 2. The maximum Gasteiger partial charge on any atom is 0.205 e. The standard InChI is InChI=1S/C10H10ClN3O2S/c1-15-9-4-8(16-11)3-2-7(9)5-12-10-14-13-6-17-10/h2-4,6H,5H2,1H3,(H,12,14). The number of benzene rings is 1. The zero-order valence-corrected chi connectivity index (χ0v) is 10.6. The summed E-state index contributed by atoms with van der Waals surface area (Å²) in [5.41, 5.74) is 2.66. The molecule has 0 unspecified atom stereocenters. The van der Waals surface area contributed by atoms with Gasteiger partial charge >= 0.3 is 0 Å². The maximum atomic E-state index is 5.28. The first-order chi connectivity index (χ1) is 8.33. The van der Waals surface area contributed by atoms with Gasteiger partial charge in [-0.3, -0.25) is 0 Å². The van der Waals surface area contributed by atoms with Crippen LogP contribution in [0.3, 0.4) is 0 Å². The monoisotopic (exact) mass is 271 g/mol. The first-order valence-electron chi connectivity index (χ1n) is 4.79. The Morgan fingerprint density at radius 1 is 1.47 bits per heavy atom. The lowest BCUT2D eigenvalue weighted by Crippen LogP contribution is -2.01. The van der Waals surface area contributed by atoms with Crippen molar-refractivity contribution in [1.29, 1.82) is 0 Å². The number of nitrogens with one attached hydrogen (secondary N) is 1. The van der Waals surface area contributed by atoms with Crippen molar-refractivity contribution >= 4 is 28.3 Å². The lowest BCUT2D eigenvalue weighted by Gasteiger charge is -2.09. The molecule has 0 aliphatic rings. The fraction of sp³-hybridized carbons (Fsp3) is 0.200. The summed E-state index contributed by atoms with van der Waals surface area (Å²) in [5, 5.41) is 11.5. The van der Waals surface area contributed by atoms with E-state index in [9.17, 15) is 0 Å². The normalized spacial score (nSPS) is 10.0. The molecule has 0 bridgehead atoms. The van der Waals surface area contributed by atoms with Crippen molar-refractivity contribution in [1.82, 2.24) is 10.2 Å². The molecule has 1 N–H and O–H groups in total. The van der Waals surface area contributed by atoms with Crippen molar-refractivity contribution in [2.24, 2.45) is 0 Å². The largest absolute Gasteiger partial charge is 0.496 e. The van der Waals surface area contributed by atoms with E-state index in [4.69, 9.17) is 16.6 Å². The number of halogens is 1. The van der Waals surface area contributed by atoms with Crippen LogP contribution in [0.1, 0.15) is 5.56 Å². The molecule has 0 amide bonds. The van der Waals surface area contributed by atoms with Gasteiger partial charge in [0.05, 0.1) is 7.11 Å². The van der Waals surface area contributed by atoms with E-state index in [2.05, 4.69) is 19.8 Å². The second-order valence-corrected chi connectivity index (χ2v) is 4.14. The lowest BCUT2D eigenvalue weighted by molar-refractivity contribution is 0.408. The molecule has 1 aromatic heterocycles. The highest BCUT2D eigenvalue weighted by Crippen LogP contribution is 2.26. The van der Waals surface area contributed by atoms with Gasteiger partial charge in [0.25, 0.3) is 0 Å². The van der Waals surface area contributed by atoms with Gasteiger partial charge in [-0.2, -0.15) is 0 Å². The van der Waals surface area contributed by atoms with E-state index in [0.29, 0.717) is 18.0 Å². The number of rotatable bonds is 5. The quantitative estimate of drug-likeness (QED) is 0.906. The molecule has 0 aliphatic carbocycles. The molecule has 0 radical (unpaired) electrons. The van der Waals surface area contributed by atoms with Crippen molar-refractivity contribution < 1.29 is 9.03 Å². The van der Waals surface area contributed by atoms with Crippen LogP contribution in [0.4, 0.5) is 5.13 Å². The van der Waals surface area contributed by atoms with Gasteiger partial charge in [-0.25, -0.2) is 0 Å². The Kier molecular flexibility index (Phi) is 4.00. The second-order valence-electron chi connectivity index (χ2n) is 3.15. The fourth-order valence-electron chi connectivity index (χ4n) is 1.34. The summed E-state index contributed by atoms with van der Waals surface area (Å²) in [6.45, 7) is 0.598. The molecule has 0 saturated carbocycles. The van der Waals surface area contributed by atoms with Gasteiger partial charge in [0, 0.05) is 18.2 Å². The maximum absolute atomic E-state index is 5.28. The van der Waals surface area contributed by atoms with Crippen LogP contribution in [0, 0.1) is 0 Å². The molecule has 7 heteroatoms. The lowest BCUT2D eigenvalue weighted by atomic mass is 10.2. The number of anilines is 1. The van der Waals surface area contributed by atoms with Crippen LogP contribution in [0.15, 0.2) is 23.7 Å². The third-order valence-electron chi connectivity index (χ3n) is 2.14. The molecule has 17 heavy (non-hydrogen) atoms. The summed E-state index contributed by atoms with van der Waals surface area (Å²) in [6.07, 6.45) is 0.